The normalized spacial score (nSPS) is 19.5. The molecule has 2 N–H and O–H groups in total. The van der Waals surface area contributed by atoms with Crippen LogP contribution in [0, 0.1) is 0 Å². The Morgan fingerprint density at radius 3 is 3.00 bits per heavy atom. The Hall–Kier alpha value is -1.91. The van der Waals surface area contributed by atoms with E-state index in [-0.39, 0.29) is 11.9 Å². The van der Waals surface area contributed by atoms with Crippen LogP contribution in [0.5, 0.6) is 0 Å². The molecule has 1 amide bonds. The van der Waals surface area contributed by atoms with Gasteiger partial charge >= 0.3 is 0 Å². The van der Waals surface area contributed by atoms with Gasteiger partial charge in [-0.05, 0) is 18.6 Å². The second kappa shape index (κ2) is 3.68. The molecule has 1 saturated heterocycles. The minimum absolute atomic E-state index is 0.298. The number of amides is 1. The van der Waals surface area contributed by atoms with Crippen LogP contribution in [0.3, 0.4) is 0 Å². The van der Waals surface area contributed by atoms with E-state index in [4.69, 9.17) is 5.73 Å². The van der Waals surface area contributed by atoms with E-state index in [2.05, 4.69) is 4.98 Å². The number of aromatic nitrogens is 1. The van der Waals surface area contributed by atoms with Crippen molar-refractivity contribution in [2.24, 2.45) is 5.73 Å². The number of primary amides is 1. The van der Waals surface area contributed by atoms with Gasteiger partial charge in [-0.25, -0.2) is 0 Å². The lowest BCUT2D eigenvalue weighted by Crippen LogP contribution is -2.55. The van der Waals surface area contributed by atoms with Gasteiger partial charge < -0.3 is 10.6 Å². The molecule has 5 heteroatoms. The molecule has 0 aliphatic carbocycles. The summed E-state index contributed by atoms with van der Waals surface area (Å²) in [7, 11) is 0. The van der Waals surface area contributed by atoms with Crippen LogP contribution >= 0.6 is 0 Å². The first-order chi connectivity index (χ1) is 7.24. The molecule has 1 atom stereocenters. The Kier molecular flexibility index (Phi) is 2.37. The van der Waals surface area contributed by atoms with E-state index in [9.17, 15) is 9.59 Å². The monoisotopic (exact) mass is 205 g/mol. The van der Waals surface area contributed by atoms with E-state index in [0.29, 0.717) is 17.7 Å². The Morgan fingerprint density at radius 2 is 2.47 bits per heavy atom. The Morgan fingerprint density at radius 1 is 1.67 bits per heavy atom. The van der Waals surface area contributed by atoms with Crippen molar-refractivity contribution in [3.05, 3.63) is 24.0 Å². The van der Waals surface area contributed by atoms with Crippen molar-refractivity contribution in [1.82, 2.24) is 4.98 Å². The van der Waals surface area contributed by atoms with E-state index < -0.39 is 0 Å². The number of nitrogens with zero attached hydrogens (tertiary/aromatic N) is 2. The maximum atomic E-state index is 11.0. The van der Waals surface area contributed by atoms with Gasteiger partial charge in [-0.15, -0.1) is 0 Å². The fourth-order valence-corrected chi connectivity index (χ4v) is 1.71. The van der Waals surface area contributed by atoms with Crippen LogP contribution in [0.4, 0.5) is 5.69 Å². The predicted octanol–water partition coefficient (Wildman–Crippen LogP) is -0.0419. The predicted molar refractivity (Wildman–Crippen MR) is 54.6 cm³/mol. The van der Waals surface area contributed by atoms with Gasteiger partial charge in [0.25, 0.3) is 0 Å². The summed E-state index contributed by atoms with van der Waals surface area (Å²) in [6.07, 6.45) is 2.97. The number of pyridine rings is 1. The summed E-state index contributed by atoms with van der Waals surface area (Å²) >= 11 is 0. The quantitative estimate of drug-likeness (QED) is 0.702. The number of hydrogen-bond donors (Lipinski definition) is 1. The average molecular weight is 205 g/mol. The molecular weight excluding hydrogens is 194 g/mol. The van der Waals surface area contributed by atoms with Crippen LogP contribution in [0.2, 0.25) is 0 Å². The number of nitrogens with two attached hydrogens (primary N) is 1. The molecule has 0 spiro atoms. The zero-order chi connectivity index (χ0) is 10.8. The Bertz CT molecular complexity index is 405. The molecule has 1 aromatic heterocycles. The lowest BCUT2D eigenvalue weighted by atomic mass is 10.0. The maximum Gasteiger partial charge on any atom is 0.240 e. The summed E-state index contributed by atoms with van der Waals surface area (Å²) in [5, 5.41) is 0. The zero-order valence-electron chi connectivity index (χ0n) is 8.09. The third kappa shape index (κ3) is 1.56. The number of aldehydes is 1. The maximum absolute atomic E-state index is 11.0. The summed E-state index contributed by atoms with van der Waals surface area (Å²) in [5.41, 5.74) is 6.26. The lowest BCUT2D eigenvalue weighted by molar-refractivity contribution is -0.120. The Balaban J connectivity index is 2.30. The van der Waals surface area contributed by atoms with Crippen LogP contribution in [-0.2, 0) is 4.79 Å². The highest BCUT2D eigenvalue weighted by Crippen LogP contribution is 2.27. The van der Waals surface area contributed by atoms with Crippen molar-refractivity contribution in [2.45, 2.75) is 12.5 Å². The zero-order valence-corrected chi connectivity index (χ0v) is 8.09. The highest BCUT2D eigenvalue weighted by Gasteiger charge is 2.33. The first kappa shape index (κ1) is 9.64. The number of anilines is 1. The van der Waals surface area contributed by atoms with Gasteiger partial charge in [0, 0.05) is 12.7 Å². The van der Waals surface area contributed by atoms with Crippen molar-refractivity contribution in [1.29, 1.82) is 0 Å². The molecule has 0 bridgehead atoms. The summed E-state index contributed by atoms with van der Waals surface area (Å²) < 4.78 is 0. The average Bonchev–Trinajstić information content (AvgIpc) is 2.16. The van der Waals surface area contributed by atoms with Crippen LogP contribution in [-0.4, -0.2) is 29.8 Å². The number of hydrogen-bond acceptors (Lipinski definition) is 4. The summed E-state index contributed by atoms with van der Waals surface area (Å²) in [6.45, 7) is 0.736. The van der Waals surface area contributed by atoms with Crippen molar-refractivity contribution in [2.75, 3.05) is 11.4 Å². The van der Waals surface area contributed by atoms with E-state index in [1.54, 1.807) is 23.2 Å². The molecule has 1 fully saturated rings. The summed E-state index contributed by atoms with van der Waals surface area (Å²) in [4.78, 5) is 27.5. The first-order valence-corrected chi connectivity index (χ1v) is 4.70. The molecule has 78 valence electrons. The SMILES string of the molecule is NC(=O)C1CCN1c1cccnc1C=O. The van der Waals surface area contributed by atoms with E-state index in [1.165, 1.54) is 0 Å². The number of rotatable bonds is 3. The molecule has 2 heterocycles. The van der Waals surface area contributed by atoms with Gasteiger partial charge in [0.2, 0.25) is 5.91 Å². The van der Waals surface area contributed by atoms with Crippen molar-refractivity contribution < 1.29 is 9.59 Å². The molecular formula is C10H11N3O2. The second-order valence-corrected chi connectivity index (χ2v) is 3.43. The van der Waals surface area contributed by atoms with Crippen molar-refractivity contribution >= 4 is 17.9 Å². The van der Waals surface area contributed by atoms with Crippen LogP contribution in [0.25, 0.3) is 0 Å². The molecule has 1 aliphatic heterocycles. The van der Waals surface area contributed by atoms with Gasteiger partial charge in [0.1, 0.15) is 11.7 Å². The molecule has 2 rings (SSSR count). The van der Waals surface area contributed by atoms with E-state index in [1.807, 2.05) is 0 Å². The topological polar surface area (TPSA) is 76.3 Å². The number of carbonyl (C=O) groups excluding carboxylic acids is 2. The van der Waals surface area contributed by atoms with Crippen LogP contribution < -0.4 is 10.6 Å². The molecule has 15 heavy (non-hydrogen) atoms. The molecule has 0 saturated carbocycles. The van der Waals surface area contributed by atoms with Gasteiger partial charge in [-0.3, -0.25) is 14.6 Å². The molecule has 0 radical (unpaired) electrons. The highest BCUT2D eigenvalue weighted by molar-refractivity contribution is 5.89. The summed E-state index contributed by atoms with van der Waals surface area (Å²) in [5.74, 6) is -0.359. The third-order valence-electron chi connectivity index (χ3n) is 2.59. The summed E-state index contributed by atoms with van der Waals surface area (Å²) in [6, 6.07) is 3.21. The standard InChI is InChI=1S/C10H11N3O2/c11-10(15)9-3-5-13(9)8-2-1-4-12-7(8)6-14/h1-2,4,6,9H,3,5H2,(H2,11,15). The first-order valence-electron chi connectivity index (χ1n) is 4.70. The molecule has 5 nitrogen and oxygen atoms in total. The van der Waals surface area contributed by atoms with Gasteiger partial charge in [-0.1, -0.05) is 0 Å². The van der Waals surface area contributed by atoms with Crippen LogP contribution in [0.1, 0.15) is 16.9 Å². The van der Waals surface area contributed by atoms with Gasteiger partial charge in [0.05, 0.1) is 5.69 Å². The van der Waals surface area contributed by atoms with E-state index >= 15 is 0 Å². The van der Waals surface area contributed by atoms with Crippen molar-refractivity contribution in [3.63, 3.8) is 0 Å². The van der Waals surface area contributed by atoms with E-state index in [0.717, 1.165) is 13.0 Å². The third-order valence-corrected chi connectivity index (χ3v) is 2.59. The van der Waals surface area contributed by atoms with Crippen LogP contribution in [0.15, 0.2) is 18.3 Å². The fraction of sp³-hybridized carbons (Fsp3) is 0.300. The van der Waals surface area contributed by atoms with Gasteiger partial charge in [0.15, 0.2) is 6.29 Å². The highest BCUT2D eigenvalue weighted by atomic mass is 16.1. The number of carbonyl (C=O) groups is 2. The second-order valence-electron chi connectivity index (χ2n) is 3.43. The van der Waals surface area contributed by atoms with Gasteiger partial charge in [-0.2, -0.15) is 0 Å². The smallest absolute Gasteiger partial charge is 0.240 e. The molecule has 1 aliphatic rings. The minimum atomic E-state index is -0.359. The largest absolute Gasteiger partial charge is 0.368 e. The van der Waals surface area contributed by atoms with Crippen molar-refractivity contribution in [3.8, 4) is 0 Å². The molecule has 1 aromatic rings. The Labute approximate surface area is 86.9 Å². The lowest BCUT2D eigenvalue weighted by Gasteiger charge is -2.40. The minimum Gasteiger partial charge on any atom is -0.368 e. The molecule has 1 unspecified atom stereocenters. The fourth-order valence-electron chi connectivity index (χ4n) is 1.71. The molecule has 0 aromatic carbocycles.